The van der Waals surface area contributed by atoms with Crippen LogP contribution in [-0.2, 0) is 0 Å². The molecule has 1 aromatic heterocycles. The Bertz CT molecular complexity index is 536. The predicted octanol–water partition coefficient (Wildman–Crippen LogP) is 1.82. The first-order valence-corrected chi connectivity index (χ1v) is 6.49. The molecule has 1 aliphatic carbocycles. The van der Waals surface area contributed by atoms with Crippen molar-refractivity contribution in [2.24, 2.45) is 0 Å². The molecule has 1 aromatic carbocycles. The van der Waals surface area contributed by atoms with E-state index >= 15 is 0 Å². The van der Waals surface area contributed by atoms with E-state index in [-0.39, 0.29) is 0 Å². The minimum absolute atomic E-state index is 0.765. The van der Waals surface area contributed by atoms with Gasteiger partial charge in [0.2, 0.25) is 0 Å². The van der Waals surface area contributed by atoms with Crippen molar-refractivity contribution in [1.82, 2.24) is 15.3 Å². The molecule has 1 fully saturated rings. The van der Waals surface area contributed by atoms with Gasteiger partial charge in [-0.1, -0.05) is 12.1 Å². The Morgan fingerprint density at radius 1 is 1.28 bits per heavy atom. The molecule has 0 radical (unpaired) electrons. The number of likely N-dealkylation sites (N-methyl/N-ethyl adjacent to an activating group) is 1. The average Bonchev–Trinajstić information content (AvgIpc) is 3.22. The summed E-state index contributed by atoms with van der Waals surface area (Å²) in [6, 6.07) is 8.74. The predicted molar refractivity (Wildman–Crippen MR) is 73.8 cm³/mol. The third-order valence-corrected chi connectivity index (χ3v) is 3.28. The van der Waals surface area contributed by atoms with E-state index in [1.54, 1.807) is 0 Å². The topological polar surface area (TPSA) is 41.0 Å². The molecular formula is C14H18N4. The number of fused-ring (bicyclic) bond motifs is 1. The number of nitrogens with zero attached hydrogens (tertiary/aromatic N) is 3. The second-order valence-corrected chi connectivity index (χ2v) is 4.87. The van der Waals surface area contributed by atoms with Crippen molar-refractivity contribution in [2.75, 3.05) is 25.0 Å². The van der Waals surface area contributed by atoms with Crippen LogP contribution < -0.4 is 10.2 Å². The molecule has 0 amide bonds. The van der Waals surface area contributed by atoms with Crippen LogP contribution in [0.1, 0.15) is 12.8 Å². The summed E-state index contributed by atoms with van der Waals surface area (Å²) < 4.78 is 0. The van der Waals surface area contributed by atoms with Gasteiger partial charge in [0.15, 0.2) is 0 Å². The van der Waals surface area contributed by atoms with Crippen molar-refractivity contribution < 1.29 is 0 Å². The van der Waals surface area contributed by atoms with Gasteiger partial charge in [-0.2, -0.15) is 0 Å². The lowest BCUT2D eigenvalue weighted by Gasteiger charge is -2.18. The van der Waals surface area contributed by atoms with Gasteiger partial charge in [-0.3, -0.25) is 4.98 Å². The Morgan fingerprint density at radius 2 is 2.06 bits per heavy atom. The van der Waals surface area contributed by atoms with E-state index in [1.807, 2.05) is 30.5 Å². The number of hydrogen-bond acceptors (Lipinski definition) is 4. The lowest BCUT2D eigenvalue weighted by atomic mass is 10.3. The second kappa shape index (κ2) is 4.90. The minimum Gasteiger partial charge on any atom is -0.357 e. The zero-order valence-corrected chi connectivity index (χ0v) is 10.6. The van der Waals surface area contributed by atoms with Gasteiger partial charge < -0.3 is 10.2 Å². The van der Waals surface area contributed by atoms with E-state index in [0.29, 0.717) is 0 Å². The molecule has 0 saturated heterocycles. The maximum atomic E-state index is 4.62. The van der Waals surface area contributed by atoms with E-state index in [1.165, 1.54) is 12.8 Å². The van der Waals surface area contributed by atoms with Crippen LogP contribution in [0, 0.1) is 0 Å². The van der Waals surface area contributed by atoms with Crippen LogP contribution in [0.15, 0.2) is 30.5 Å². The number of aromatic nitrogens is 2. The zero-order valence-electron chi connectivity index (χ0n) is 10.6. The number of benzene rings is 1. The van der Waals surface area contributed by atoms with Gasteiger partial charge in [0, 0.05) is 26.2 Å². The second-order valence-electron chi connectivity index (χ2n) is 4.87. The van der Waals surface area contributed by atoms with Crippen molar-refractivity contribution >= 4 is 16.9 Å². The molecule has 3 rings (SSSR count). The van der Waals surface area contributed by atoms with Gasteiger partial charge >= 0.3 is 0 Å². The van der Waals surface area contributed by atoms with Crippen molar-refractivity contribution in [3.63, 3.8) is 0 Å². The van der Waals surface area contributed by atoms with E-state index in [2.05, 4.69) is 27.2 Å². The lowest BCUT2D eigenvalue weighted by Crippen LogP contribution is -2.30. The van der Waals surface area contributed by atoms with Crippen molar-refractivity contribution in [2.45, 2.75) is 18.9 Å². The Kier molecular flexibility index (Phi) is 3.11. The molecule has 1 aliphatic rings. The molecule has 1 saturated carbocycles. The first kappa shape index (κ1) is 11.4. The van der Waals surface area contributed by atoms with Gasteiger partial charge in [0.1, 0.15) is 5.82 Å². The smallest absolute Gasteiger partial charge is 0.147 e. The Labute approximate surface area is 107 Å². The average molecular weight is 242 g/mol. The summed E-state index contributed by atoms with van der Waals surface area (Å²) in [6.45, 7) is 1.97. The molecule has 0 spiro atoms. The molecule has 94 valence electrons. The summed E-state index contributed by atoms with van der Waals surface area (Å²) in [6.07, 6.45) is 4.51. The number of hydrogen-bond donors (Lipinski definition) is 1. The van der Waals surface area contributed by atoms with Crippen molar-refractivity contribution in [3.8, 4) is 0 Å². The maximum Gasteiger partial charge on any atom is 0.147 e. The fourth-order valence-corrected chi connectivity index (χ4v) is 1.97. The Balaban J connectivity index is 1.67. The number of para-hydroxylation sites is 2. The molecule has 0 aliphatic heterocycles. The van der Waals surface area contributed by atoms with Gasteiger partial charge in [-0.05, 0) is 25.0 Å². The monoisotopic (exact) mass is 242 g/mol. The van der Waals surface area contributed by atoms with Gasteiger partial charge in [0.05, 0.1) is 17.2 Å². The molecule has 4 nitrogen and oxygen atoms in total. The summed E-state index contributed by atoms with van der Waals surface area (Å²) in [4.78, 5) is 11.2. The summed E-state index contributed by atoms with van der Waals surface area (Å²) in [5, 5.41) is 3.50. The number of anilines is 1. The molecular weight excluding hydrogens is 224 g/mol. The van der Waals surface area contributed by atoms with Gasteiger partial charge in [0.25, 0.3) is 0 Å². The van der Waals surface area contributed by atoms with Crippen LogP contribution in [0.2, 0.25) is 0 Å². The van der Waals surface area contributed by atoms with Crippen LogP contribution in [-0.4, -0.2) is 36.1 Å². The van der Waals surface area contributed by atoms with E-state index in [4.69, 9.17) is 0 Å². The van der Waals surface area contributed by atoms with Crippen LogP contribution in [0.5, 0.6) is 0 Å². The first-order valence-electron chi connectivity index (χ1n) is 6.49. The summed E-state index contributed by atoms with van der Waals surface area (Å²) >= 11 is 0. The number of rotatable bonds is 5. The van der Waals surface area contributed by atoms with Crippen LogP contribution in [0.3, 0.4) is 0 Å². The summed E-state index contributed by atoms with van der Waals surface area (Å²) in [5.41, 5.74) is 1.91. The fourth-order valence-electron chi connectivity index (χ4n) is 1.97. The third kappa shape index (κ3) is 2.59. The SMILES string of the molecule is CN(CCNC1CC1)c1cnc2ccccc2n1. The normalized spacial score (nSPS) is 14.9. The molecule has 0 atom stereocenters. The molecule has 0 unspecified atom stereocenters. The largest absolute Gasteiger partial charge is 0.357 e. The lowest BCUT2D eigenvalue weighted by molar-refractivity contribution is 0.672. The highest BCUT2D eigenvalue weighted by Crippen LogP contribution is 2.18. The zero-order chi connectivity index (χ0) is 12.4. The van der Waals surface area contributed by atoms with Crippen LogP contribution >= 0.6 is 0 Å². The van der Waals surface area contributed by atoms with Crippen molar-refractivity contribution in [3.05, 3.63) is 30.5 Å². The van der Waals surface area contributed by atoms with E-state index < -0.39 is 0 Å². The summed E-state index contributed by atoms with van der Waals surface area (Å²) in [7, 11) is 2.06. The molecule has 0 bridgehead atoms. The van der Waals surface area contributed by atoms with Crippen LogP contribution in [0.4, 0.5) is 5.82 Å². The summed E-state index contributed by atoms with van der Waals surface area (Å²) in [5.74, 6) is 0.936. The van der Waals surface area contributed by atoms with Crippen LogP contribution in [0.25, 0.3) is 11.0 Å². The van der Waals surface area contributed by atoms with Crippen molar-refractivity contribution in [1.29, 1.82) is 0 Å². The maximum absolute atomic E-state index is 4.62. The minimum atomic E-state index is 0.765. The Morgan fingerprint density at radius 3 is 2.83 bits per heavy atom. The highest BCUT2D eigenvalue weighted by atomic mass is 15.2. The molecule has 18 heavy (non-hydrogen) atoms. The standard InChI is InChI=1S/C14H18N4/c1-18(9-8-15-11-6-7-11)14-10-16-12-4-2-3-5-13(12)17-14/h2-5,10-11,15H,6-9H2,1H3. The van der Waals surface area contributed by atoms with Gasteiger partial charge in [-0.15, -0.1) is 0 Å². The van der Waals surface area contributed by atoms with E-state index in [0.717, 1.165) is 36.0 Å². The fraction of sp³-hybridized carbons (Fsp3) is 0.429. The molecule has 4 heteroatoms. The highest BCUT2D eigenvalue weighted by Gasteiger charge is 2.19. The van der Waals surface area contributed by atoms with Gasteiger partial charge in [-0.25, -0.2) is 4.98 Å². The quantitative estimate of drug-likeness (QED) is 0.868. The molecule has 1 N–H and O–H groups in total. The third-order valence-electron chi connectivity index (χ3n) is 3.28. The molecule has 2 aromatic rings. The first-order chi connectivity index (χ1) is 8.83. The van der Waals surface area contributed by atoms with E-state index in [9.17, 15) is 0 Å². The number of nitrogens with one attached hydrogen (secondary N) is 1. The highest BCUT2D eigenvalue weighted by molar-refractivity contribution is 5.75. The Hall–Kier alpha value is -1.68. The molecule has 1 heterocycles.